The molecule has 0 unspecified atom stereocenters. The molecule has 2 amide bonds. The van der Waals surface area contributed by atoms with Crippen LogP contribution in [0.2, 0.25) is 5.28 Å². The number of carbonyl (C=O) groups is 2. The molecule has 1 aliphatic heterocycles. The molecule has 1 fully saturated rings. The van der Waals surface area contributed by atoms with E-state index in [2.05, 4.69) is 15.6 Å². The molecule has 29 heavy (non-hydrogen) atoms. The van der Waals surface area contributed by atoms with Crippen molar-refractivity contribution in [3.05, 3.63) is 64.9 Å². The lowest BCUT2D eigenvalue weighted by Crippen LogP contribution is -2.45. The van der Waals surface area contributed by atoms with Gasteiger partial charge in [-0.15, -0.1) is 0 Å². The van der Waals surface area contributed by atoms with Crippen LogP contribution in [0, 0.1) is 5.92 Å². The van der Waals surface area contributed by atoms with Gasteiger partial charge < -0.3 is 15.2 Å². The zero-order valence-corrected chi connectivity index (χ0v) is 16.2. The normalized spacial score (nSPS) is 18.7. The Morgan fingerprint density at radius 2 is 1.93 bits per heavy atom. The van der Waals surface area contributed by atoms with Gasteiger partial charge in [0.2, 0.25) is 11.2 Å². The Bertz CT molecular complexity index is 1050. The number of fused-ring (bicyclic) bond motifs is 1. The monoisotopic (exact) mass is 413 g/mol. The minimum absolute atomic E-state index is 0.271. The number of para-hydroxylation sites is 2. The summed E-state index contributed by atoms with van der Waals surface area (Å²) >= 11 is 6.28. The molecule has 0 radical (unpaired) electrons. The molecule has 2 aromatic carbocycles. The molecular formula is C20H20ClN5O3. The van der Waals surface area contributed by atoms with Crippen LogP contribution in [-0.4, -0.2) is 45.7 Å². The van der Waals surface area contributed by atoms with Crippen molar-refractivity contribution < 1.29 is 14.8 Å². The van der Waals surface area contributed by atoms with E-state index in [1.54, 1.807) is 17.6 Å². The van der Waals surface area contributed by atoms with E-state index in [0.29, 0.717) is 30.5 Å². The van der Waals surface area contributed by atoms with E-state index < -0.39 is 11.8 Å². The zero-order valence-electron chi connectivity index (χ0n) is 15.4. The van der Waals surface area contributed by atoms with E-state index >= 15 is 0 Å². The smallest absolute Gasteiger partial charge is 0.251 e. The molecule has 0 bridgehead atoms. The molecule has 150 valence electrons. The van der Waals surface area contributed by atoms with Gasteiger partial charge in [-0.25, -0.2) is 10.5 Å². The third kappa shape index (κ3) is 3.95. The third-order valence-corrected chi connectivity index (χ3v) is 5.43. The van der Waals surface area contributed by atoms with Crippen LogP contribution in [0.4, 0.5) is 0 Å². The van der Waals surface area contributed by atoms with Crippen molar-refractivity contribution >= 4 is 34.4 Å². The van der Waals surface area contributed by atoms with Crippen molar-refractivity contribution in [2.24, 2.45) is 5.92 Å². The summed E-state index contributed by atoms with van der Waals surface area (Å²) in [4.78, 5) is 28.6. The minimum Gasteiger partial charge on any atom is -0.347 e. The molecule has 2 atom stereocenters. The van der Waals surface area contributed by atoms with Gasteiger partial charge in [-0.2, -0.15) is 0 Å². The van der Waals surface area contributed by atoms with Crippen LogP contribution < -0.4 is 16.1 Å². The number of amides is 2. The highest BCUT2D eigenvalue weighted by molar-refractivity contribution is 6.29. The van der Waals surface area contributed by atoms with Gasteiger partial charge in [-0.05, 0) is 41.4 Å². The van der Waals surface area contributed by atoms with Gasteiger partial charge in [-0.1, -0.05) is 24.3 Å². The molecule has 8 nitrogen and oxygen atoms in total. The van der Waals surface area contributed by atoms with Crippen LogP contribution in [0.25, 0.3) is 11.0 Å². The largest absolute Gasteiger partial charge is 0.347 e. The van der Waals surface area contributed by atoms with E-state index in [0.717, 1.165) is 16.6 Å². The van der Waals surface area contributed by atoms with Crippen LogP contribution >= 0.6 is 11.6 Å². The number of hydrogen-bond acceptors (Lipinski definition) is 5. The van der Waals surface area contributed by atoms with Crippen molar-refractivity contribution in [2.75, 3.05) is 13.1 Å². The average molecular weight is 414 g/mol. The van der Waals surface area contributed by atoms with Gasteiger partial charge in [0.15, 0.2) is 0 Å². The highest BCUT2D eigenvalue weighted by Gasteiger charge is 2.34. The Morgan fingerprint density at radius 3 is 2.69 bits per heavy atom. The lowest BCUT2D eigenvalue weighted by molar-refractivity contribution is -0.133. The molecule has 0 spiro atoms. The van der Waals surface area contributed by atoms with Crippen molar-refractivity contribution in [1.82, 2.24) is 25.7 Å². The van der Waals surface area contributed by atoms with Crippen molar-refractivity contribution in [3.8, 4) is 0 Å². The molecule has 4 N–H and O–H groups in total. The zero-order chi connectivity index (χ0) is 20.4. The van der Waals surface area contributed by atoms with E-state index in [-0.39, 0.29) is 11.9 Å². The molecule has 4 rings (SSSR count). The van der Waals surface area contributed by atoms with Crippen molar-refractivity contribution in [2.45, 2.75) is 12.6 Å². The number of nitrogens with one attached hydrogen (secondary N) is 3. The van der Waals surface area contributed by atoms with Gasteiger partial charge in [-0.3, -0.25) is 14.8 Å². The van der Waals surface area contributed by atoms with Crippen molar-refractivity contribution in [3.63, 3.8) is 0 Å². The van der Waals surface area contributed by atoms with E-state index in [1.807, 2.05) is 41.0 Å². The maximum Gasteiger partial charge on any atom is 0.251 e. The lowest BCUT2D eigenvalue weighted by Gasteiger charge is -2.18. The van der Waals surface area contributed by atoms with Crippen LogP contribution in [0.3, 0.4) is 0 Å². The van der Waals surface area contributed by atoms with Gasteiger partial charge in [0.1, 0.15) is 0 Å². The van der Waals surface area contributed by atoms with Crippen molar-refractivity contribution in [1.29, 1.82) is 0 Å². The number of rotatable bonds is 5. The molecule has 1 saturated heterocycles. The number of halogens is 1. The standard InChI is InChI=1S/C20H20ClN5O3/c21-20-24-15-3-1-2-4-17(15)26(20)11-12-5-7-13(8-6-12)18(27)23-16-10-22-9-14(16)19(28)25-29/h1-8,14,16,22,29H,9-11H2,(H,23,27)(H,25,28)/t14-,16+/m1/s1. The van der Waals surface area contributed by atoms with Crippen LogP contribution in [0.5, 0.6) is 0 Å². The second kappa shape index (κ2) is 8.20. The van der Waals surface area contributed by atoms with E-state index in [1.165, 1.54) is 0 Å². The number of nitrogens with zero attached hydrogens (tertiary/aromatic N) is 2. The topological polar surface area (TPSA) is 108 Å². The lowest BCUT2D eigenvalue weighted by atomic mass is 10.0. The molecule has 1 aliphatic rings. The summed E-state index contributed by atoms with van der Waals surface area (Å²) in [6, 6.07) is 14.5. The first-order chi connectivity index (χ1) is 14.1. The fourth-order valence-electron chi connectivity index (χ4n) is 3.58. The number of hydrogen-bond donors (Lipinski definition) is 4. The summed E-state index contributed by atoms with van der Waals surface area (Å²) in [7, 11) is 0. The molecular weight excluding hydrogens is 394 g/mol. The Labute approximate surface area is 171 Å². The minimum atomic E-state index is -0.514. The van der Waals surface area contributed by atoms with Gasteiger partial charge in [0.25, 0.3) is 5.91 Å². The fourth-order valence-corrected chi connectivity index (χ4v) is 3.82. The maximum absolute atomic E-state index is 12.5. The Kier molecular flexibility index (Phi) is 5.48. The summed E-state index contributed by atoms with van der Waals surface area (Å²) in [5.41, 5.74) is 4.90. The Morgan fingerprint density at radius 1 is 1.17 bits per heavy atom. The number of carbonyl (C=O) groups excluding carboxylic acids is 2. The second-order valence-corrected chi connectivity index (χ2v) is 7.31. The SMILES string of the molecule is O=C(N[C@H]1CNC[C@H]1C(=O)NO)c1ccc(Cn2c(Cl)nc3ccccc32)cc1. The number of hydroxylamine groups is 1. The second-order valence-electron chi connectivity index (χ2n) is 6.97. The highest BCUT2D eigenvalue weighted by Crippen LogP contribution is 2.21. The van der Waals surface area contributed by atoms with Crippen LogP contribution in [-0.2, 0) is 11.3 Å². The molecule has 1 aromatic heterocycles. The first kappa shape index (κ1) is 19.4. The molecule has 9 heteroatoms. The van der Waals surface area contributed by atoms with E-state index in [9.17, 15) is 9.59 Å². The third-order valence-electron chi connectivity index (χ3n) is 5.14. The van der Waals surface area contributed by atoms with Gasteiger partial charge >= 0.3 is 0 Å². The predicted octanol–water partition coefficient (Wildman–Crippen LogP) is 1.56. The number of benzene rings is 2. The fraction of sp³-hybridized carbons (Fsp3) is 0.250. The first-order valence-corrected chi connectivity index (χ1v) is 9.60. The highest BCUT2D eigenvalue weighted by atomic mass is 35.5. The first-order valence-electron chi connectivity index (χ1n) is 9.22. The maximum atomic E-state index is 12.5. The van der Waals surface area contributed by atoms with Gasteiger partial charge in [0.05, 0.1) is 29.5 Å². The molecule has 2 heterocycles. The van der Waals surface area contributed by atoms with Gasteiger partial charge in [0, 0.05) is 18.7 Å². The molecule has 0 saturated carbocycles. The summed E-state index contributed by atoms with van der Waals surface area (Å²) in [5.74, 6) is -1.30. The number of aromatic nitrogens is 2. The average Bonchev–Trinajstić information content (AvgIpc) is 3.32. The van der Waals surface area contributed by atoms with Crippen LogP contribution in [0.15, 0.2) is 48.5 Å². The molecule has 0 aliphatic carbocycles. The summed E-state index contributed by atoms with van der Waals surface area (Å²) in [5, 5.41) is 15.1. The summed E-state index contributed by atoms with van der Waals surface area (Å²) < 4.78 is 1.91. The summed E-state index contributed by atoms with van der Waals surface area (Å²) in [6.45, 7) is 1.40. The summed E-state index contributed by atoms with van der Waals surface area (Å²) in [6.07, 6.45) is 0. The van der Waals surface area contributed by atoms with E-state index in [4.69, 9.17) is 16.8 Å². The number of imidazole rings is 1. The quantitative estimate of drug-likeness (QED) is 0.375. The Hall–Kier alpha value is -2.94. The predicted molar refractivity (Wildman–Crippen MR) is 108 cm³/mol. The Balaban J connectivity index is 1.45. The van der Waals surface area contributed by atoms with Crippen LogP contribution in [0.1, 0.15) is 15.9 Å². The molecule has 3 aromatic rings.